The summed E-state index contributed by atoms with van der Waals surface area (Å²) in [6.45, 7) is 5.35. The van der Waals surface area contributed by atoms with E-state index in [1.54, 1.807) is 11.3 Å². The lowest BCUT2D eigenvalue weighted by Gasteiger charge is -2.35. The summed E-state index contributed by atoms with van der Waals surface area (Å²) in [4.78, 5) is 16.5. The van der Waals surface area contributed by atoms with Crippen LogP contribution in [0.5, 0.6) is 0 Å². The maximum atomic E-state index is 12.7. The zero-order chi connectivity index (χ0) is 15.7. The first-order valence-corrected chi connectivity index (χ1v) is 8.94. The van der Waals surface area contributed by atoms with Gasteiger partial charge in [-0.15, -0.1) is 11.3 Å². The predicted molar refractivity (Wildman–Crippen MR) is 93.4 cm³/mol. The highest BCUT2D eigenvalue weighted by Crippen LogP contribution is 2.30. The van der Waals surface area contributed by atoms with E-state index in [0.29, 0.717) is 13.1 Å². The molecule has 0 bridgehead atoms. The van der Waals surface area contributed by atoms with Crippen LogP contribution in [-0.4, -0.2) is 36.1 Å². The lowest BCUT2D eigenvalue weighted by Crippen LogP contribution is -2.48. The highest BCUT2D eigenvalue weighted by atomic mass is 79.9. The Labute approximate surface area is 143 Å². The van der Waals surface area contributed by atoms with Crippen molar-refractivity contribution in [2.75, 3.05) is 13.1 Å². The van der Waals surface area contributed by atoms with Crippen LogP contribution in [0.3, 0.4) is 0 Å². The van der Waals surface area contributed by atoms with Crippen LogP contribution >= 0.6 is 27.3 Å². The van der Waals surface area contributed by atoms with Gasteiger partial charge in [0.1, 0.15) is 0 Å². The Hall–Kier alpha value is -1.17. The van der Waals surface area contributed by atoms with Crippen molar-refractivity contribution in [3.05, 3.63) is 45.7 Å². The summed E-state index contributed by atoms with van der Waals surface area (Å²) < 4.78 is 6.75. The first-order chi connectivity index (χ1) is 10.5. The Bertz CT molecular complexity index is 658. The van der Waals surface area contributed by atoms with E-state index in [1.807, 2.05) is 43.0 Å². The van der Waals surface area contributed by atoms with E-state index in [-0.39, 0.29) is 18.1 Å². The second kappa shape index (κ2) is 6.52. The molecule has 0 spiro atoms. The van der Waals surface area contributed by atoms with E-state index < -0.39 is 0 Å². The second-order valence-electron chi connectivity index (χ2n) is 5.64. The fraction of sp³-hybridized carbons (Fsp3) is 0.353. The first kappa shape index (κ1) is 15.7. The van der Waals surface area contributed by atoms with Crippen molar-refractivity contribution in [2.45, 2.75) is 26.1 Å². The quantitative estimate of drug-likeness (QED) is 0.772. The third-order valence-corrected chi connectivity index (χ3v) is 5.30. The molecule has 3 nitrogen and oxygen atoms in total. The molecule has 1 aliphatic heterocycles. The molecule has 2 atom stereocenters. The molecular weight excluding hydrogens is 362 g/mol. The Morgan fingerprint density at radius 2 is 1.77 bits per heavy atom. The molecule has 5 heteroatoms. The highest BCUT2D eigenvalue weighted by Gasteiger charge is 2.27. The van der Waals surface area contributed by atoms with Gasteiger partial charge in [0.05, 0.1) is 17.1 Å². The Morgan fingerprint density at radius 1 is 1.14 bits per heavy atom. The van der Waals surface area contributed by atoms with Crippen molar-refractivity contribution in [1.82, 2.24) is 4.90 Å². The van der Waals surface area contributed by atoms with Crippen molar-refractivity contribution >= 4 is 33.2 Å². The molecular formula is C17H18BrNO2S. The Balaban J connectivity index is 1.78. The van der Waals surface area contributed by atoms with E-state index in [9.17, 15) is 4.79 Å². The zero-order valence-corrected chi connectivity index (χ0v) is 15.0. The number of carbonyl (C=O) groups is 1. The number of ether oxygens (including phenoxy) is 1. The molecule has 0 saturated carbocycles. The number of morpholine rings is 1. The number of rotatable bonds is 2. The average molecular weight is 380 g/mol. The van der Waals surface area contributed by atoms with Gasteiger partial charge in [-0.25, -0.2) is 0 Å². The third kappa shape index (κ3) is 3.42. The molecule has 1 aliphatic rings. The average Bonchev–Trinajstić information content (AvgIpc) is 2.96. The van der Waals surface area contributed by atoms with Crippen molar-refractivity contribution in [3.63, 3.8) is 0 Å². The van der Waals surface area contributed by atoms with Gasteiger partial charge in [0.25, 0.3) is 5.91 Å². The molecule has 1 amide bonds. The van der Waals surface area contributed by atoms with Crippen LogP contribution in [0.1, 0.15) is 23.5 Å². The number of halogens is 1. The van der Waals surface area contributed by atoms with Crippen LogP contribution in [0.15, 0.2) is 40.9 Å². The number of hydrogen-bond donors (Lipinski definition) is 0. The Kier molecular flexibility index (Phi) is 4.66. The minimum Gasteiger partial charge on any atom is -0.372 e. The molecule has 1 fully saturated rings. The second-order valence-corrected chi connectivity index (χ2v) is 7.64. The van der Waals surface area contributed by atoms with Gasteiger partial charge in [-0.1, -0.05) is 28.1 Å². The largest absolute Gasteiger partial charge is 0.372 e. The lowest BCUT2D eigenvalue weighted by atomic mass is 10.2. The van der Waals surface area contributed by atoms with E-state index in [2.05, 4.69) is 28.1 Å². The van der Waals surface area contributed by atoms with E-state index in [4.69, 9.17) is 4.74 Å². The lowest BCUT2D eigenvalue weighted by molar-refractivity contribution is -0.0585. The summed E-state index contributed by atoms with van der Waals surface area (Å²) in [5.41, 5.74) is 1.14. The smallest absolute Gasteiger partial charge is 0.264 e. The number of carbonyl (C=O) groups excluding carboxylic acids is 1. The molecule has 1 aromatic carbocycles. The highest BCUT2D eigenvalue weighted by molar-refractivity contribution is 9.10. The summed E-state index contributed by atoms with van der Waals surface area (Å²) in [5.74, 6) is 0.107. The maximum Gasteiger partial charge on any atom is 0.264 e. The normalized spacial score (nSPS) is 21.9. The molecule has 0 N–H and O–H groups in total. The molecule has 2 heterocycles. The molecule has 1 saturated heterocycles. The first-order valence-electron chi connectivity index (χ1n) is 7.33. The van der Waals surface area contributed by atoms with Gasteiger partial charge in [0.2, 0.25) is 0 Å². The molecule has 2 unspecified atom stereocenters. The predicted octanol–water partition coefficient (Wildman–Crippen LogP) is 4.43. The van der Waals surface area contributed by atoms with Crippen LogP contribution in [0.2, 0.25) is 0 Å². The molecule has 3 rings (SSSR count). The van der Waals surface area contributed by atoms with Gasteiger partial charge in [0, 0.05) is 22.4 Å². The van der Waals surface area contributed by atoms with E-state index in [0.717, 1.165) is 19.8 Å². The SMILES string of the molecule is CC1CN(C(=O)c2ccc(-c3ccc(Br)cc3)s2)CC(C)O1. The summed E-state index contributed by atoms with van der Waals surface area (Å²) in [6, 6.07) is 12.1. The monoisotopic (exact) mass is 379 g/mol. The molecule has 1 aromatic heterocycles. The van der Waals surface area contributed by atoms with Crippen LogP contribution in [-0.2, 0) is 4.74 Å². The topological polar surface area (TPSA) is 29.5 Å². The molecule has 0 aliphatic carbocycles. The van der Waals surface area contributed by atoms with Crippen LogP contribution < -0.4 is 0 Å². The van der Waals surface area contributed by atoms with E-state index >= 15 is 0 Å². The van der Waals surface area contributed by atoms with Gasteiger partial charge >= 0.3 is 0 Å². The fourth-order valence-electron chi connectivity index (χ4n) is 2.72. The van der Waals surface area contributed by atoms with Gasteiger partial charge in [-0.05, 0) is 43.7 Å². The fourth-order valence-corrected chi connectivity index (χ4v) is 3.97. The van der Waals surface area contributed by atoms with Gasteiger partial charge < -0.3 is 9.64 Å². The van der Waals surface area contributed by atoms with Crippen LogP contribution in [0.4, 0.5) is 0 Å². The third-order valence-electron chi connectivity index (χ3n) is 3.65. The van der Waals surface area contributed by atoms with Gasteiger partial charge in [-0.2, -0.15) is 0 Å². The number of amides is 1. The van der Waals surface area contributed by atoms with Crippen molar-refractivity contribution in [2.24, 2.45) is 0 Å². The van der Waals surface area contributed by atoms with Gasteiger partial charge in [0.15, 0.2) is 0 Å². The van der Waals surface area contributed by atoms with E-state index in [1.165, 1.54) is 0 Å². The molecule has 22 heavy (non-hydrogen) atoms. The zero-order valence-electron chi connectivity index (χ0n) is 12.6. The molecule has 116 valence electrons. The summed E-state index contributed by atoms with van der Waals surface area (Å²) in [6.07, 6.45) is 0.192. The Morgan fingerprint density at radius 3 is 2.41 bits per heavy atom. The summed E-state index contributed by atoms with van der Waals surface area (Å²) >= 11 is 4.99. The maximum absolute atomic E-state index is 12.7. The van der Waals surface area contributed by atoms with Crippen molar-refractivity contribution in [1.29, 1.82) is 0 Å². The number of nitrogens with zero attached hydrogens (tertiary/aromatic N) is 1. The minimum absolute atomic E-state index is 0.0959. The number of hydrogen-bond acceptors (Lipinski definition) is 3. The van der Waals surface area contributed by atoms with Crippen molar-refractivity contribution < 1.29 is 9.53 Å². The van der Waals surface area contributed by atoms with Gasteiger partial charge in [-0.3, -0.25) is 4.79 Å². The number of thiophene rings is 1. The molecule has 2 aromatic rings. The molecule has 0 radical (unpaired) electrons. The standard InChI is InChI=1S/C17H18BrNO2S/c1-11-9-19(10-12(2)21-11)17(20)16-8-7-15(22-16)13-3-5-14(18)6-4-13/h3-8,11-12H,9-10H2,1-2H3. The summed E-state index contributed by atoms with van der Waals surface area (Å²) in [7, 11) is 0. The minimum atomic E-state index is 0.0959. The number of benzene rings is 1. The van der Waals surface area contributed by atoms with Crippen LogP contribution in [0.25, 0.3) is 10.4 Å². The summed E-state index contributed by atoms with van der Waals surface area (Å²) in [5, 5.41) is 0. The van der Waals surface area contributed by atoms with Crippen LogP contribution in [0, 0.1) is 0 Å². The van der Waals surface area contributed by atoms with Crippen molar-refractivity contribution in [3.8, 4) is 10.4 Å².